The van der Waals surface area contributed by atoms with E-state index in [9.17, 15) is 0 Å². The van der Waals surface area contributed by atoms with Crippen LogP contribution in [-0.4, -0.2) is 49.4 Å². The Morgan fingerprint density at radius 3 is 2.80 bits per heavy atom. The second-order valence-corrected chi connectivity index (χ2v) is 5.02. The van der Waals surface area contributed by atoms with E-state index in [4.69, 9.17) is 15.6 Å². The van der Waals surface area contributed by atoms with Crippen molar-refractivity contribution in [2.24, 2.45) is 11.7 Å². The molecule has 2 rings (SSSR count). The molecule has 1 fully saturated rings. The molecule has 0 saturated carbocycles. The maximum atomic E-state index is 9.10. The third kappa shape index (κ3) is 4.53. The van der Waals surface area contributed by atoms with Gasteiger partial charge < -0.3 is 15.6 Å². The molecule has 1 atom stereocenters. The van der Waals surface area contributed by atoms with E-state index in [1.165, 1.54) is 0 Å². The second kappa shape index (κ2) is 7.91. The highest BCUT2D eigenvalue weighted by Crippen LogP contribution is 2.15. The van der Waals surface area contributed by atoms with Crippen LogP contribution in [0.2, 0.25) is 0 Å². The van der Waals surface area contributed by atoms with E-state index in [0.717, 1.165) is 37.4 Å². The fourth-order valence-corrected chi connectivity index (χ4v) is 2.35. The van der Waals surface area contributed by atoms with Crippen LogP contribution in [0.1, 0.15) is 12.0 Å². The molecule has 1 aromatic rings. The molecule has 0 radical (unpaired) electrons. The number of aliphatic hydroxyl groups is 1. The van der Waals surface area contributed by atoms with Gasteiger partial charge >= 0.3 is 0 Å². The van der Waals surface area contributed by atoms with Crippen molar-refractivity contribution in [1.82, 2.24) is 4.90 Å². The number of hydrogen-bond acceptors (Lipinski definition) is 4. The highest BCUT2D eigenvalue weighted by atomic mass is 16.5. The second-order valence-electron chi connectivity index (χ2n) is 5.02. The molecule has 20 heavy (non-hydrogen) atoms. The topological polar surface area (TPSA) is 58.7 Å². The minimum atomic E-state index is 0.294. The molecule has 108 valence electrons. The summed E-state index contributed by atoms with van der Waals surface area (Å²) in [7, 11) is 0. The van der Waals surface area contributed by atoms with Crippen molar-refractivity contribution in [2.75, 3.05) is 39.4 Å². The molecule has 1 aliphatic rings. The Kier molecular flexibility index (Phi) is 5.87. The van der Waals surface area contributed by atoms with E-state index in [1.807, 2.05) is 24.3 Å². The first-order valence-corrected chi connectivity index (χ1v) is 7.07. The first kappa shape index (κ1) is 14.9. The molecule has 3 N–H and O–H groups in total. The van der Waals surface area contributed by atoms with Gasteiger partial charge in [-0.3, -0.25) is 4.90 Å². The maximum Gasteiger partial charge on any atom is 0.119 e. The molecule has 4 nitrogen and oxygen atoms in total. The summed E-state index contributed by atoms with van der Waals surface area (Å²) in [6.45, 7) is 4.29. The number of nitrogens with two attached hydrogens (primary N) is 1. The van der Waals surface area contributed by atoms with Crippen molar-refractivity contribution in [3.63, 3.8) is 0 Å². The van der Waals surface area contributed by atoms with E-state index in [2.05, 4.69) is 16.7 Å². The van der Waals surface area contributed by atoms with Crippen LogP contribution >= 0.6 is 0 Å². The molecule has 1 saturated heterocycles. The number of aliphatic hydroxyl groups excluding tert-OH is 1. The van der Waals surface area contributed by atoms with E-state index in [1.54, 1.807) is 0 Å². The largest absolute Gasteiger partial charge is 0.492 e. The summed E-state index contributed by atoms with van der Waals surface area (Å²) < 4.78 is 5.72. The quantitative estimate of drug-likeness (QED) is 0.776. The molecule has 1 heterocycles. The summed E-state index contributed by atoms with van der Waals surface area (Å²) in [6.07, 6.45) is 1.09. The van der Waals surface area contributed by atoms with Crippen molar-refractivity contribution in [1.29, 1.82) is 0 Å². The minimum absolute atomic E-state index is 0.294. The zero-order valence-corrected chi connectivity index (χ0v) is 11.7. The van der Waals surface area contributed by atoms with E-state index in [0.29, 0.717) is 25.7 Å². The van der Waals surface area contributed by atoms with Gasteiger partial charge in [-0.15, -0.1) is 0 Å². The average Bonchev–Trinajstić information content (AvgIpc) is 2.94. The summed E-state index contributed by atoms with van der Waals surface area (Å²) in [6, 6.07) is 7.74. The van der Waals surface area contributed by atoms with Gasteiger partial charge in [0.05, 0.1) is 6.54 Å². The minimum Gasteiger partial charge on any atom is -0.492 e. The third-order valence-corrected chi connectivity index (χ3v) is 3.49. The normalized spacial score (nSPS) is 18.6. The molecule has 0 aliphatic carbocycles. The SMILES string of the molecule is NCC#Cc1ccc(OCCN2CCC(CO)C2)cc1. The van der Waals surface area contributed by atoms with Crippen LogP contribution in [0.4, 0.5) is 0 Å². The summed E-state index contributed by atoms with van der Waals surface area (Å²) >= 11 is 0. The Morgan fingerprint density at radius 2 is 2.15 bits per heavy atom. The van der Waals surface area contributed by atoms with Crippen molar-refractivity contribution in [3.05, 3.63) is 29.8 Å². The Bertz CT molecular complexity index is 462. The molecule has 1 unspecified atom stereocenters. The lowest BCUT2D eigenvalue weighted by Gasteiger charge is -2.15. The Morgan fingerprint density at radius 1 is 1.35 bits per heavy atom. The molecular formula is C16H22N2O2. The Balaban J connectivity index is 1.72. The number of likely N-dealkylation sites (tertiary alicyclic amines) is 1. The van der Waals surface area contributed by atoms with Gasteiger partial charge in [0.2, 0.25) is 0 Å². The van der Waals surface area contributed by atoms with Crippen molar-refractivity contribution in [3.8, 4) is 17.6 Å². The molecule has 1 aromatic carbocycles. The van der Waals surface area contributed by atoms with Crippen molar-refractivity contribution >= 4 is 0 Å². The van der Waals surface area contributed by atoms with Crippen LogP contribution in [0.5, 0.6) is 5.75 Å². The van der Waals surface area contributed by atoms with Crippen LogP contribution in [0.3, 0.4) is 0 Å². The lowest BCUT2D eigenvalue weighted by Crippen LogP contribution is -2.26. The number of hydrogen-bond donors (Lipinski definition) is 2. The molecule has 0 bridgehead atoms. The van der Waals surface area contributed by atoms with Crippen molar-refractivity contribution in [2.45, 2.75) is 6.42 Å². The fraction of sp³-hybridized carbons (Fsp3) is 0.500. The molecule has 0 aromatic heterocycles. The summed E-state index contributed by atoms with van der Waals surface area (Å²) in [5.74, 6) is 7.11. The summed E-state index contributed by atoms with van der Waals surface area (Å²) in [5.41, 5.74) is 6.28. The standard InChI is InChI=1S/C16H22N2O2/c17-8-1-2-14-3-5-16(6-4-14)20-11-10-18-9-7-15(12-18)13-19/h3-6,15,19H,7-13,17H2. The lowest BCUT2D eigenvalue weighted by atomic mass is 10.1. The van der Waals surface area contributed by atoms with Crippen molar-refractivity contribution < 1.29 is 9.84 Å². The predicted molar refractivity (Wildman–Crippen MR) is 79.5 cm³/mol. The monoisotopic (exact) mass is 274 g/mol. The Labute approximate surface area is 120 Å². The van der Waals surface area contributed by atoms with Crippen LogP contribution in [0, 0.1) is 17.8 Å². The third-order valence-electron chi connectivity index (χ3n) is 3.49. The van der Waals surface area contributed by atoms with Gasteiger partial charge in [-0.1, -0.05) is 11.8 Å². The highest BCUT2D eigenvalue weighted by molar-refractivity contribution is 5.38. The van der Waals surface area contributed by atoms with Crippen LogP contribution in [-0.2, 0) is 0 Å². The predicted octanol–water partition coefficient (Wildman–Crippen LogP) is 0.690. The van der Waals surface area contributed by atoms with Crippen LogP contribution in [0.25, 0.3) is 0 Å². The number of rotatable bonds is 5. The zero-order chi connectivity index (χ0) is 14.2. The number of nitrogens with zero attached hydrogens (tertiary/aromatic N) is 1. The highest BCUT2D eigenvalue weighted by Gasteiger charge is 2.20. The van der Waals surface area contributed by atoms with Crippen LogP contribution in [0.15, 0.2) is 24.3 Å². The number of ether oxygens (including phenoxy) is 1. The molecule has 0 spiro atoms. The van der Waals surface area contributed by atoms with E-state index < -0.39 is 0 Å². The van der Waals surface area contributed by atoms with Gasteiger partial charge in [-0.05, 0) is 43.1 Å². The zero-order valence-electron chi connectivity index (χ0n) is 11.7. The smallest absolute Gasteiger partial charge is 0.119 e. The number of benzene rings is 1. The van der Waals surface area contributed by atoms with Gasteiger partial charge in [0.15, 0.2) is 0 Å². The summed E-state index contributed by atoms with van der Waals surface area (Å²) in [4.78, 5) is 2.34. The molecule has 1 aliphatic heterocycles. The first-order valence-electron chi connectivity index (χ1n) is 7.07. The van der Waals surface area contributed by atoms with Gasteiger partial charge in [0.25, 0.3) is 0 Å². The van der Waals surface area contributed by atoms with E-state index in [-0.39, 0.29) is 0 Å². The molecule has 4 heteroatoms. The van der Waals surface area contributed by atoms with E-state index >= 15 is 0 Å². The maximum absolute atomic E-state index is 9.10. The van der Waals surface area contributed by atoms with Gasteiger partial charge in [0.1, 0.15) is 12.4 Å². The fourth-order valence-electron chi connectivity index (χ4n) is 2.35. The lowest BCUT2D eigenvalue weighted by molar-refractivity contribution is 0.204. The molecular weight excluding hydrogens is 252 g/mol. The first-order chi connectivity index (χ1) is 9.81. The van der Waals surface area contributed by atoms with Gasteiger partial charge in [-0.25, -0.2) is 0 Å². The average molecular weight is 274 g/mol. The molecule has 0 amide bonds. The Hall–Kier alpha value is -1.54. The van der Waals surface area contributed by atoms with Crippen LogP contribution < -0.4 is 10.5 Å². The van der Waals surface area contributed by atoms with Gasteiger partial charge in [0, 0.05) is 25.3 Å². The summed E-state index contributed by atoms with van der Waals surface area (Å²) in [5, 5.41) is 9.10. The van der Waals surface area contributed by atoms with Gasteiger partial charge in [-0.2, -0.15) is 0 Å².